The van der Waals surface area contributed by atoms with E-state index in [-0.39, 0.29) is 12.1 Å². The average molecular weight is 184 g/mol. The van der Waals surface area contributed by atoms with Crippen LogP contribution < -0.4 is 5.32 Å². The summed E-state index contributed by atoms with van der Waals surface area (Å²) in [4.78, 5) is 0. The van der Waals surface area contributed by atoms with Crippen LogP contribution in [0.4, 0.5) is 5.82 Å². The van der Waals surface area contributed by atoms with Crippen molar-refractivity contribution in [2.45, 2.75) is 25.8 Å². The molecule has 0 aliphatic heterocycles. The topological polar surface area (TPSA) is 63.0 Å². The van der Waals surface area contributed by atoms with Crippen LogP contribution >= 0.6 is 0 Å². The quantitative estimate of drug-likeness (QED) is 0.710. The van der Waals surface area contributed by atoms with E-state index in [9.17, 15) is 0 Å². The van der Waals surface area contributed by atoms with Gasteiger partial charge in [0.1, 0.15) is 5.82 Å². The van der Waals surface area contributed by atoms with E-state index in [4.69, 9.17) is 5.11 Å². The van der Waals surface area contributed by atoms with E-state index in [0.29, 0.717) is 0 Å². The molecule has 1 unspecified atom stereocenters. The Morgan fingerprint density at radius 2 is 2.38 bits per heavy atom. The van der Waals surface area contributed by atoms with Gasteiger partial charge in [-0.05, 0) is 13.3 Å². The van der Waals surface area contributed by atoms with Gasteiger partial charge in [0.15, 0.2) is 0 Å². The van der Waals surface area contributed by atoms with Gasteiger partial charge in [0.25, 0.3) is 0 Å². The summed E-state index contributed by atoms with van der Waals surface area (Å²) < 4.78 is 1.64. The van der Waals surface area contributed by atoms with Crippen molar-refractivity contribution in [3.63, 3.8) is 0 Å². The Bertz CT molecular complexity index is 267. The van der Waals surface area contributed by atoms with Gasteiger partial charge < -0.3 is 10.4 Å². The second kappa shape index (κ2) is 3.74. The van der Waals surface area contributed by atoms with Crippen molar-refractivity contribution in [3.05, 3.63) is 6.20 Å². The molecule has 5 heteroatoms. The molecule has 0 saturated heterocycles. The zero-order chi connectivity index (χ0) is 9.90. The van der Waals surface area contributed by atoms with E-state index in [2.05, 4.69) is 15.6 Å². The molecule has 0 radical (unpaired) electrons. The molecule has 1 aromatic rings. The third-order valence-corrected chi connectivity index (χ3v) is 2.27. The minimum Gasteiger partial charge on any atom is -0.394 e. The van der Waals surface area contributed by atoms with Gasteiger partial charge in [0, 0.05) is 7.05 Å². The number of hydrogen-bond acceptors (Lipinski definition) is 4. The molecule has 1 heterocycles. The third-order valence-electron chi connectivity index (χ3n) is 2.27. The van der Waals surface area contributed by atoms with E-state index in [1.807, 2.05) is 20.9 Å². The predicted molar refractivity (Wildman–Crippen MR) is 50.4 cm³/mol. The molecule has 0 aromatic carbocycles. The fourth-order valence-electron chi connectivity index (χ4n) is 0.952. The fraction of sp³-hybridized carbons (Fsp3) is 0.750. The molecular weight excluding hydrogens is 168 g/mol. The first-order valence-electron chi connectivity index (χ1n) is 4.35. The predicted octanol–water partition coefficient (Wildman–Crippen LogP) is 0.388. The number of hydrogen-bond donors (Lipinski definition) is 2. The van der Waals surface area contributed by atoms with Crippen molar-refractivity contribution in [2.24, 2.45) is 7.05 Å². The van der Waals surface area contributed by atoms with E-state index < -0.39 is 0 Å². The summed E-state index contributed by atoms with van der Waals surface area (Å²) >= 11 is 0. The van der Waals surface area contributed by atoms with Gasteiger partial charge in [-0.25, -0.2) is 4.68 Å². The van der Waals surface area contributed by atoms with E-state index in [1.165, 1.54) is 0 Å². The van der Waals surface area contributed by atoms with Gasteiger partial charge in [0.2, 0.25) is 0 Å². The van der Waals surface area contributed by atoms with E-state index in [0.717, 1.165) is 12.2 Å². The zero-order valence-electron chi connectivity index (χ0n) is 8.28. The third kappa shape index (κ3) is 2.18. The molecule has 1 rings (SSSR count). The molecule has 0 aliphatic carbocycles. The van der Waals surface area contributed by atoms with Gasteiger partial charge in [0.05, 0.1) is 18.3 Å². The Balaban J connectivity index is 2.73. The molecule has 1 aromatic heterocycles. The normalized spacial score (nSPS) is 15.4. The minimum atomic E-state index is -0.296. The number of aliphatic hydroxyl groups is 1. The maximum absolute atomic E-state index is 9.16. The molecule has 0 spiro atoms. The maximum Gasteiger partial charge on any atom is 0.144 e. The SMILES string of the molecule is CCC(C)(CO)Nc1cnnn1C. The number of nitrogens with zero attached hydrogens (tertiary/aromatic N) is 3. The monoisotopic (exact) mass is 184 g/mol. The molecule has 0 bridgehead atoms. The highest BCUT2D eigenvalue weighted by Crippen LogP contribution is 2.15. The molecule has 0 saturated carbocycles. The number of aromatic nitrogens is 3. The number of anilines is 1. The van der Waals surface area contributed by atoms with Crippen LogP contribution in [0.1, 0.15) is 20.3 Å². The van der Waals surface area contributed by atoms with Crippen molar-refractivity contribution in [2.75, 3.05) is 11.9 Å². The number of nitrogens with one attached hydrogen (secondary N) is 1. The Hall–Kier alpha value is -1.10. The van der Waals surface area contributed by atoms with Crippen LogP contribution in [0.25, 0.3) is 0 Å². The first kappa shape index (κ1) is 9.98. The van der Waals surface area contributed by atoms with Crippen molar-refractivity contribution >= 4 is 5.82 Å². The van der Waals surface area contributed by atoms with Crippen LogP contribution in [0.2, 0.25) is 0 Å². The first-order chi connectivity index (χ1) is 6.11. The van der Waals surface area contributed by atoms with Gasteiger partial charge in [-0.3, -0.25) is 0 Å². The summed E-state index contributed by atoms with van der Waals surface area (Å²) in [6, 6.07) is 0. The summed E-state index contributed by atoms with van der Waals surface area (Å²) in [6.45, 7) is 4.07. The molecule has 0 fully saturated rings. The van der Waals surface area contributed by atoms with Crippen LogP contribution in [0, 0.1) is 0 Å². The molecule has 0 aliphatic rings. The highest BCUT2D eigenvalue weighted by molar-refractivity contribution is 5.34. The van der Waals surface area contributed by atoms with Crippen LogP contribution in [-0.2, 0) is 7.05 Å². The highest BCUT2D eigenvalue weighted by Gasteiger charge is 2.21. The van der Waals surface area contributed by atoms with Crippen LogP contribution in [-0.4, -0.2) is 32.2 Å². The second-order valence-corrected chi connectivity index (χ2v) is 3.44. The molecule has 13 heavy (non-hydrogen) atoms. The van der Waals surface area contributed by atoms with Gasteiger partial charge >= 0.3 is 0 Å². The van der Waals surface area contributed by atoms with E-state index in [1.54, 1.807) is 10.9 Å². The molecule has 1 atom stereocenters. The lowest BCUT2D eigenvalue weighted by Gasteiger charge is -2.27. The van der Waals surface area contributed by atoms with Gasteiger partial charge in [-0.15, -0.1) is 5.10 Å². The average Bonchev–Trinajstić information content (AvgIpc) is 2.52. The van der Waals surface area contributed by atoms with Crippen molar-refractivity contribution in [3.8, 4) is 0 Å². The smallest absolute Gasteiger partial charge is 0.144 e. The summed E-state index contributed by atoms with van der Waals surface area (Å²) in [5, 5.41) is 19.9. The summed E-state index contributed by atoms with van der Waals surface area (Å²) in [7, 11) is 1.81. The Kier molecular flexibility index (Phi) is 2.87. The van der Waals surface area contributed by atoms with Crippen LogP contribution in [0.5, 0.6) is 0 Å². The largest absolute Gasteiger partial charge is 0.394 e. The lowest BCUT2D eigenvalue weighted by Crippen LogP contribution is -2.38. The van der Waals surface area contributed by atoms with Crippen LogP contribution in [0.15, 0.2) is 6.20 Å². The van der Waals surface area contributed by atoms with Crippen LogP contribution in [0.3, 0.4) is 0 Å². The second-order valence-electron chi connectivity index (χ2n) is 3.44. The summed E-state index contributed by atoms with van der Waals surface area (Å²) in [6.07, 6.45) is 2.48. The van der Waals surface area contributed by atoms with E-state index >= 15 is 0 Å². The highest BCUT2D eigenvalue weighted by atomic mass is 16.3. The number of aryl methyl sites for hydroxylation is 1. The lowest BCUT2D eigenvalue weighted by atomic mass is 10.0. The van der Waals surface area contributed by atoms with Crippen molar-refractivity contribution in [1.82, 2.24) is 15.0 Å². The Labute approximate surface area is 77.8 Å². The van der Waals surface area contributed by atoms with Gasteiger partial charge in [-0.1, -0.05) is 12.1 Å². The van der Waals surface area contributed by atoms with Gasteiger partial charge in [-0.2, -0.15) is 0 Å². The Morgan fingerprint density at radius 1 is 1.69 bits per heavy atom. The molecular formula is C8H16N4O. The number of aliphatic hydroxyl groups excluding tert-OH is 1. The Morgan fingerprint density at radius 3 is 2.77 bits per heavy atom. The lowest BCUT2D eigenvalue weighted by molar-refractivity contribution is 0.218. The van der Waals surface area contributed by atoms with Crippen molar-refractivity contribution < 1.29 is 5.11 Å². The zero-order valence-corrected chi connectivity index (χ0v) is 8.28. The molecule has 2 N–H and O–H groups in total. The molecule has 74 valence electrons. The van der Waals surface area contributed by atoms with Crippen molar-refractivity contribution in [1.29, 1.82) is 0 Å². The summed E-state index contributed by atoms with van der Waals surface area (Å²) in [5.74, 6) is 0.818. The maximum atomic E-state index is 9.16. The number of rotatable bonds is 4. The fourth-order valence-corrected chi connectivity index (χ4v) is 0.952. The first-order valence-corrected chi connectivity index (χ1v) is 4.35. The standard InChI is InChI=1S/C8H16N4O/c1-4-8(2,6-13)10-7-5-9-11-12(7)3/h5,10,13H,4,6H2,1-3H3. The summed E-state index contributed by atoms with van der Waals surface area (Å²) in [5.41, 5.74) is -0.296. The molecule has 5 nitrogen and oxygen atoms in total. The molecule has 0 amide bonds. The minimum absolute atomic E-state index is 0.0919.